The number of thiazole rings is 1. The predicted octanol–water partition coefficient (Wildman–Crippen LogP) is 9.21. The van der Waals surface area contributed by atoms with Crippen molar-refractivity contribution < 1.29 is 24.5 Å². The summed E-state index contributed by atoms with van der Waals surface area (Å²) in [5.74, 6) is 0. The summed E-state index contributed by atoms with van der Waals surface area (Å²) >= 11 is 1.76. The largest absolute Gasteiger partial charge is 0.501 e. The number of furan rings is 1. The fraction of sp³-hybridized carbons (Fsp3) is 0.147. The molecule has 40 heavy (non-hydrogen) atoms. The van der Waals surface area contributed by atoms with Crippen LogP contribution in [0.25, 0.3) is 54.7 Å². The summed E-state index contributed by atoms with van der Waals surface area (Å²) in [5.41, 5.74) is 7.69. The zero-order chi connectivity index (χ0) is 27.0. The maximum atomic E-state index is 6.23. The second-order valence-electron chi connectivity index (χ2n) is 10.5. The molecular formula is C34H27IrN3OS-2. The van der Waals surface area contributed by atoms with Gasteiger partial charge >= 0.3 is 0 Å². The molecule has 0 amide bonds. The topological polar surface area (TPSA) is 51.8 Å². The summed E-state index contributed by atoms with van der Waals surface area (Å²) in [4.78, 5) is 13.6. The third-order valence-corrected chi connectivity index (χ3v) is 7.84. The van der Waals surface area contributed by atoms with Crippen molar-refractivity contribution in [3.05, 3.63) is 114 Å². The Kier molecular flexibility index (Phi) is 7.95. The van der Waals surface area contributed by atoms with E-state index in [2.05, 4.69) is 67.1 Å². The molecule has 0 N–H and O–H groups in total. The van der Waals surface area contributed by atoms with E-state index >= 15 is 0 Å². The quantitative estimate of drug-likeness (QED) is 0.168. The Balaban J connectivity index is 0.000000195. The van der Waals surface area contributed by atoms with Crippen LogP contribution in [0.15, 0.2) is 95.7 Å². The van der Waals surface area contributed by atoms with Crippen LogP contribution in [0, 0.1) is 19.1 Å². The molecule has 0 aliphatic heterocycles. The van der Waals surface area contributed by atoms with Crippen LogP contribution < -0.4 is 0 Å². The van der Waals surface area contributed by atoms with Crippen LogP contribution in [-0.2, 0) is 25.5 Å². The van der Waals surface area contributed by atoms with Crippen molar-refractivity contribution in [1.29, 1.82) is 0 Å². The number of nitrogens with zero attached hydrogens (tertiary/aromatic N) is 3. The molecule has 0 fully saturated rings. The Morgan fingerprint density at radius 3 is 2.38 bits per heavy atom. The third kappa shape index (κ3) is 5.62. The molecule has 0 bridgehead atoms. The molecule has 1 radical (unpaired) electrons. The molecular weight excluding hydrogens is 691 g/mol. The summed E-state index contributed by atoms with van der Waals surface area (Å²) in [5, 5.41) is 3.35. The van der Waals surface area contributed by atoms with E-state index in [9.17, 15) is 0 Å². The monoisotopic (exact) mass is 718 g/mol. The average Bonchev–Trinajstić information content (AvgIpc) is 3.54. The van der Waals surface area contributed by atoms with Crippen molar-refractivity contribution in [3.63, 3.8) is 0 Å². The fourth-order valence-electron chi connectivity index (χ4n) is 4.36. The van der Waals surface area contributed by atoms with Gasteiger partial charge in [0.15, 0.2) is 0 Å². The molecule has 0 aliphatic carbocycles. The normalized spacial score (nSPS) is 11.3. The minimum atomic E-state index is 0. The number of aryl methyl sites for hydroxylation is 1. The Morgan fingerprint density at radius 1 is 0.825 bits per heavy atom. The third-order valence-electron chi connectivity index (χ3n) is 6.40. The summed E-state index contributed by atoms with van der Waals surface area (Å²) in [6.07, 6.45) is 3.66. The average molecular weight is 718 g/mol. The smallest absolute Gasteiger partial charge is 0.123 e. The number of hydrogen-bond donors (Lipinski definition) is 0. The summed E-state index contributed by atoms with van der Waals surface area (Å²) in [6, 6.07) is 32.5. The molecule has 0 saturated carbocycles. The number of rotatable bonds is 2. The van der Waals surface area contributed by atoms with Gasteiger partial charge in [-0.1, -0.05) is 56.0 Å². The Labute approximate surface area is 251 Å². The van der Waals surface area contributed by atoms with Crippen molar-refractivity contribution in [2.45, 2.75) is 33.1 Å². The van der Waals surface area contributed by atoms with Crippen LogP contribution in [-0.4, -0.2) is 15.0 Å². The van der Waals surface area contributed by atoms with Crippen LogP contribution in [0.4, 0.5) is 0 Å². The Bertz CT molecular complexity index is 1890. The molecule has 0 aliphatic rings. The molecule has 0 saturated heterocycles. The van der Waals surface area contributed by atoms with Crippen molar-refractivity contribution >= 4 is 43.5 Å². The molecule has 7 rings (SSSR count). The number of fused-ring (bicyclic) bond motifs is 4. The van der Waals surface area contributed by atoms with Crippen LogP contribution in [0.2, 0.25) is 0 Å². The van der Waals surface area contributed by atoms with Gasteiger partial charge < -0.3 is 14.4 Å². The summed E-state index contributed by atoms with van der Waals surface area (Å²) in [7, 11) is 0. The molecule has 201 valence electrons. The second kappa shape index (κ2) is 11.4. The molecule has 4 heterocycles. The van der Waals surface area contributed by atoms with E-state index in [1.807, 2.05) is 67.7 Å². The maximum Gasteiger partial charge on any atom is 0.123 e. The first-order chi connectivity index (χ1) is 18.9. The van der Waals surface area contributed by atoms with Gasteiger partial charge in [0.05, 0.1) is 20.8 Å². The van der Waals surface area contributed by atoms with E-state index in [1.54, 1.807) is 17.5 Å². The first-order valence-corrected chi connectivity index (χ1v) is 13.7. The van der Waals surface area contributed by atoms with E-state index in [1.165, 1.54) is 10.3 Å². The van der Waals surface area contributed by atoms with Crippen LogP contribution in [0.1, 0.15) is 31.3 Å². The molecule has 4 nitrogen and oxygen atoms in total. The van der Waals surface area contributed by atoms with Gasteiger partial charge in [0.2, 0.25) is 0 Å². The first-order valence-electron chi connectivity index (χ1n) is 12.9. The standard InChI is InChI=1S/C22H17N2OS.C12H10N.Ir/c1-22(2,3)21-24-17-12-18-15(11-19(17)26-21)13-7-6-8-14(20(13)25-18)16-9-4-5-10-23-16;1-10-7-8-12(13-9-10)11-5-3-2-4-6-11;/h4-7,9-12H,1-3H3;2-5,7-9H,1H3;/q2*-1;. The van der Waals surface area contributed by atoms with Crippen molar-refractivity contribution in [1.82, 2.24) is 15.0 Å². The molecule has 0 spiro atoms. The van der Waals surface area contributed by atoms with Gasteiger partial charge in [-0.2, -0.15) is 0 Å². The van der Waals surface area contributed by atoms with Crippen LogP contribution in [0.5, 0.6) is 0 Å². The van der Waals surface area contributed by atoms with Gasteiger partial charge in [-0.15, -0.1) is 65.4 Å². The maximum absolute atomic E-state index is 6.23. The number of hydrogen-bond acceptors (Lipinski definition) is 5. The van der Waals surface area contributed by atoms with Gasteiger partial charge in [0.1, 0.15) is 5.58 Å². The zero-order valence-corrected chi connectivity index (χ0v) is 25.9. The van der Waals surface area contributed by atoms with Crippen molar-refractivity contribution in [2.75, 3.05) is 0 Å². The molecule has 6 heteroatoms. The fourth-order valence-corrected chi connectivity index (χ4v) is 5.41. The van der Waals surface area contributed by atoms with Gasteiger partial charge in [-0.05, 0) is 36.0 Å². The second-order valence-corrected chi connectivity index (χ2v) is 11.5. The molecule has 0 unspecified atom stereocenters. The minimum Gasteiger partial charge on any atom is -0.501 e. The SMILES string of the molecule is CC(C)(C)c1nc2cc3oc4c(-c5ccccn5)[c-]ccc4c3cc2s1.Cc1ccc(-c2[c-]cccc2)nc1.[Ir]. The van der Waals surface area contributed by atoms with Gasteiger partial charge in [-0.25, -0.2) is 4.98 Å². The van der Waals surface area contributed by atoms with Crippen LogP contribution in [0.3, 0.4) is 0 Å². The van der Waals surface area contributed by atoms with Gasteiger partial charge in [0.25, 0.3) is 0 Å². The summed E-state index contributed by atoms with van der Waals surface area (Å²) in [6.45, 7) is 8.61. The molecule has 4 aromatic heterocycles. The Hall–Kier alpha value is -3.70. The van der Waals surface area contributed by atoms with Crippen molar-refractivity contribution in [3.8, 4) is 22.5 Å². The van der Waals surface area contributed by atoms with E-state index in [4.69, 9.17) is 9.40 Å². The van der Waals surface area contributed by atoms with E-state index in [0.29, 0.717) is 0 Å². The minimum absolute atomic E-state index is 0. The van der Waals surface area contributed by atoms with Crippen LogP contribution >= 0.6 is 11.3 Å². The van der Waals surface area contributed by atoms with E-state index < -0.39 is 0 Å². The number of aromatic nitrogens is 3. The zero-order valence-electron chi connectivity index (χ0n) is 22.7. The molecule has 7 aromatic rings. The predicted molar refractivity (Wildman–Crippen MR) is 161 cm³/mol. The molecule has 3 aromatic carbocycles. The first kappa shape index (κ1) is 27.9. The van der Waals surface area contributed by atoms with Gasteiger partial charge in [0, 0.05) is 49.4 Å². The summed E-state index contributed by atoms with van der Waals surface area (Å²) < 4.78 is 7.43. The molecule has 0 atom stereocenters. The van der Waals surface area contributed by atoms with Crippen molar-refractivity contribution in [2.24, 2.45) is 0 Å². The number of benzene rings is 3. The van der Waals surface area contributed by atoms with E-state index in [0.717, 1.165) is 55.0 Å². The Morgan fingerprint density at radius 2 is 1.68 bits per heavy atom. The van der Waals surface area contributed by atoms with Gasteiger partial charge in [-0.3, -0.25) is 0 Å². The van der Waals surface area contributed by atoms with E-state index in [-0.39, 0.29) is 25.5 Å². The number of pyridine rings is 2.